The number of nitrogens with zero attached hydrogens (tertiary/aromatic N) is 4. The lowest BCUT2D eigenvalue weighted by Crippen LogP contribution is -2.24. The molecule has 0 spiro atoms. The van der Waals surface area contributed by atoms with E-state index in [2.05, 4.69) is 20.6 Å². The van der Waals surface area contributed by atoms with Gasteiger partial charge >= 0.3 is 5.63 Å². The van der Waals surface area contributed by atoms with Crippen LogP contribution in [-0.4, -0.2) is 59.4 Å². The SMILES string of the molecule is COc1cccc(OC)c1-c1cc(C(=O)Nc2nnc(-n3nccc3N)s2)oc(=O)c1OCC1(OC)CC1. The van der Waals surface area contributed by atoms with E-state index < -0.39 is 17.1 Å². The fourth-order valence-electron chi connectivity index (χ4n) is 3.77. The zero-order chi connectivity index (χ0) is 26.9. The van der Waals surface area contributed by atoms with Gasteiger partial charge in [0, 0.05) is 18.7 Å². The van der Waals surface area contributed by atoms with Crippen molar-refractivity contribution in [1.82, 2.24) is 20.0 Å². The fourth-order valence-corrected chi connectivity index (χ4v) is 4.49. The first-order valence-corrected chi connectivity index (χ1v) is 12.2. The van der Waals surface area contributed by atoms with Gasteiger partial charge in [0.25, 0.3) is 5.91 Å². The summed E-state index contributed by atoms with van der Waals surface area (Å²) in [4.78, 5) is 26.3. The van der Waals surface area contributed by atoms with Gasteiger partial charge in [-0.3, -0.25) is 10.1 Å². The Hall–Kier alpha value is -4.43. The molecular weight excluding hydrogens is 516 g/mol. The molecule has 0 bridgehead atoms. The third kappa shape index (κ3) is 4.78. The van der Waals surface area contributed by atoms with E-state index in [1.54, 1.807) is 31.4 Å². The average molecular weight is 541 g/mol. The number of amides is 1. The van der Waals surface area contributed by atoms with Crippen LogP contribution in [0.5, 0.6) is 17.2 Å². The quantitative estimate of drug-likeness (QED) is 0.304. The second-order valence-electron chi connectivity index (χ2n) is 8.37. The normalized spacial score (nSPS) is 13.7. The number of nitrogen functional groups attached to an aromatic ring is 1. The first kappa shape index (κ1) is 25.2. The molecule has 0 atom stereocenters. The molecule has 1 fully saturated rings. The van der Waals surface area contributed by atoms with Crippen molar-refractivity contribution in [3.8, 4) is 33.5 Å². The lowest BCUT2D eigenvalue weighted by molar-refractivity contribution is 0.0359. The maximum absolute atomic E-state index is 13.2. The lowest BCUT2D eigenvalue weighted by Gasteiger charge is -2.18. The third-order valence-corrected chi connectivity index (χ3v) is 6.85. The Balaban J connectivity index is 1.52. The molecule has 3 aromatic heterocycles. The van der Waals surface area contributed by atoms with Crippen LogP contribution in [0.2, 0.25) is 0 Å². The first-order valence-electron chi connectivity index (χ1n) is 11.4. The van der Waals surface area contributed by atoms with Crippen molar-refractivity contribution in [2.24, 2.45) is 0 Å². The van der Waals surface area contributed by atoms with Gasteiger partial charge in [-0.2, -0.15) is 9.78 Å². The van der Waals surface area contributed by atoms with E-state index in [1.807, 2.05) is 0 Å². The van der Waals surface area contributed by atoms with Gasteiger partial charge < -0.3 is 29.1 Å². The molecule has 0 aliphatic heterocycles. The third-order valence-electron chi connectivity index (χ3n) is 6.04. The molecule has 3 heterocycles. The zero-order valence-corrected chi connectivity index (χ0v) is 21.5. The number of ether oxygens (including phenoxy) is 4. The summed E-state index contributed by atoms with van der Waals surface area (Å²) in [7, 11) is 4.57. The summed E-state index contributed by atoms with van der Waals surface area (Å²) in [5.74, 6) is 0.0655. The van der Waals surface area contributed by atoms with Crippen LogP contribution in [0.4, 0.5) is 10.9 Å². The number of rotatable bonds is 10. The molecule has 38 heavy (non-hydrogen) atoms. The van der Waals surface area contributed by atoms with Crippen LogP contribution in [0.15, 0.2) is 45.7 Å². The molecule has 1 amide bonds. The summed E-state index contributed by atoms with van der Waals surface area (Å²) < 4.78 is 29.3. The van der Waals surface area contributed by atoms with Crippen LogP contribution in [-0.2, 0) is 4.74 Å². The van der Waals surface area contributed by atoms with Gasteiger partial charge in [0.2, 0.25) is 16.0 Å². The molecule has 3 N–H and O–H groups in total. The van der Waals surface area contributed by atoms with Crippen molar-refractivity contribution in [3.05, 3.63) is 52.7 Å². The number of aromatic nitrogens is 4. The van der Waals surface area contributed by atoms with Gasteiger partial charge in [-0.05, 0) is 31.0 Å². The van der Waals surface area contributed by atoms with Gasteiger partial charge in [-0.15, -0.1) is 10.2 Å². The molecule has 4 aromatic rings. The molecule has 0 unspecified atom stereocenters. The molecule has 5 rings (SSSR count). The van der Waals surface area contributed by atoms with Crippen LogP contribution in [0.25, 0.3) is 16.3 Å². The molecule has 1 aromatic carbocycles. The predicted molar refractivity (Wildman–Crippen MR) is 137 cm³/mol. The van der Waals surface area contributed by atoms with E-state index in [-0.39, 0.29) is 28.8 Å². The van der Waals surface area contributed by atoms with Crippen LogP contribution < -0.4 is 30.9 Å². The number of benzene rings is 1. The molecular formula is C24H24N6O7S. The number of carbonyl (C=O) groups is 1. The van der Waals surface area contributed by atoms with Crippen molar-refractivity contribution >= 4 is 28.2 Å². The second-order valence-corrected chi connectivity index (χ2v) is 9.32. The Morgan fingerprint density at radius 1 is 1.18 bits per heavy atom. The second kappa shape index (κ2) is 10.1. The minimum Gasteiger partial charge on any atom is -0.496 e. The maximum Gasteiger partial charge on any atom is 0.379 e. The van der Waals surface area contributed by atoms with Crippen molar-refractivity contribution in [1.29, 1.82) is 0 Å². The van der Waals surface area contributed by atoms with Gasteiger partial charge in [-0.1, -0.05) is 17.4 Å². The molecule has 1 saturated carbocycles. The minimum atomic E-state index is -0.852. The summed E-state index contributed by atoms with van der Waals surface area (Å²) in [5.41, 5.74) is 5.22. The molecule has 13 nitrogen and oxygen atoms in total. The van der Waals surface area contributed by atoms with Crippen LogP contribution in [0, 0.1) is 0 Å². The zero-order valence-electron chi connectivity index (χ0n) is 20.7. The van der Waals surface area contributed by atoms with Crippen molar-refractivity contribution in [2.45, 2.75) is 18.4 Å². The number of hydrogen-bond donors (Lipinski definition) is 2. The number of nitrogens with one attached hydrogen (secondary N) is 1. The highest BCUT2D eigenvalue weighted by Gasteiger charge is 2.44. The molecule has 1 aliphatic rings. The van der Waals surface area contributed by atoms with E-state index in [1.165, 1.54) is 31.2 Å². The van der Waals surface area contributed by atoms with Gasteiger partial charge in [0.05, 0.1) is 26.0 Å². The molecule has 14 heteroatoms. The van der Waals surface area contributed by atoms with Gasteiger partial charge in [-0.25, -0.2) is 4.79 Å². The van der Waals surface area contributed by atoms with Crippen molar-refractivity contribution in [2.75, 3.05) is 39.0 Å². The van der Waals surface area contributed by atoms with Gasteiger partial charge in [0.1, 0.15) is 29.5 Å². The Morgan fingerprint density at radius 3 is 2.53 bits per heavy atom. The van der Waals surface area contributed by atoms with E-state index in [0.717, 1.165) is 24.2 Å². The number of carbonyl (C=O) groups excluding carboxylic acids is 1. The summed E-state index contributed by atoms with van der Waals surface area (Å²) in [6.45, 7) is 0.133. The monoisotopic (exact) mass is 540 g/mol. The summed E-state index contributed by atoms with van der Waals surface area (Å²) in [6.07, 6.45) is 3.12. The highest BCUT2D eigenvalue weighted by molar-refractivity contribution is 7.17. The van der Waals surface area contributed by atoms with E-state index in [0.29, 0.717) is 28.0 Å². The summed E-state index contributed by atoms with van der Waals surface area (Å²) in [6, 6.07) is 8.15. The smallest absolute Gasteiger partial charge is 0.379 e. The number of nitrogens with two attached hydrogens (primary N) is 1. The molecule has 1 aliphatic carbocycles. The highest BCUT2D eigenvalue weighted by atomic mass is 32.1. The summed E-state index contributed by atoms with van der Waals surface area (Å²) >= 11 is 1.04. The number of anilines is 2. The maximum atomic E-state index is 13.2. The Morgan fingerprint density at radius 2 is 1.92 bits per heavy atom. The molecule has 0 saturated heterocycles. The van der Waals surface area contributed by atoms with E-state index >= 15 is 0 Å². The van der Waals surface area contributed by atoms with Crippen molar-refractivity contribution in [3.63, 3.8) is 0 Å². The van der Waals surface area contributed by atoms with E-state index in [4.69, 9.17) is 29.1 Å². The Bertz CT molecular complexity index is 1520. The van der Waals surface area contributed by atoms with Crippen LogP contribution in [0.1, 0.15) is 23.4 Å². The van der Waals surface area contributed by atoms with Gasteiger partial charge in [0.15, 0.2) is 5.76 Å². The lowest BCUT2D eigenvalue weighted by atomic mass is 10.0. The van der Waals surface area contributed by atoms with Crippen LogP contribution in [0.3, 0.4) is 0 Å². The Kier molecular flexibility index (Phi) is 6.73. The number of hydrogen-bond acceptors (Lipinski definition) is 12. The van der Waals surface area contributed by atoms with Crippen molar-refractivity contribution < 1.29 is 28.2 Å². The van der Waals surface area contributed by atoms with Crippen LogP contribution >= 0.6 is 11.3 Å². The highest BCUT2D eigenvalue weighted by Crippen LogP contribution is 2.44. The molecule has 198 valence electrons. The number of methoxy groups -OCH3 is 3. The predicted octanol–water partition coefficient (Wildman–Crippen LogP) is 2.75. The standard InChI is InChI=1S/C24H24N6O7S/c1-33-14-5-4-6-15(34-2)18(14)13-11-16(37-21(32)19(13)36-12-24(35-3)8-9-24)20(31)27-22-28-29-23(38-22)30-17(25)7-10-26-30/h4-7,10-11H,8-9,12,25H2,1-3H3,(H,27,28,31). The molecule has 0 radical (unpaired) electrons. The topological polar surface area (TPSA) is 166 Å². The average Bonchev–Trinajstić information content (AvgIpc) is 3.35. The van der Waals surface area contributed by atoms with E-state index in [9.17, 15) is 9.59 Å². The largest absolute Gasteiger partial charge is 0.496 e. The Labute approximate surface area is 220 Å². The summed E-state index contributed by atoms with van der Waals surface area (Å²) in [5, 5.41) is 15.1. The fraction of sp³-hybridized carbons (Fsp3) is 0.292. The first-order chi connectivity index (χ1) is 18.4. The minimum absolute atomic E-state index is 0.0972.